The Morgan fingerprint density at radius 3 is 3.05 bits per heavy atom. The summed E-state index contributed by atoms with van der Waals surface area (Å²) in [5.74, 6) is 1.42. The molecule has 1 fully saturated rings. The minimum absolute atomic E-state index is 0.165. The van der Waals surface area contributed by atoms with E-state index in [0.29, 0.717) is 11.9 Å². The number of amides is 1. The van der Waals surface area contributed by atoms with E-state index in [9.17, 15) is 4.79 Å². The van der Waals surface area contributed by atoms with Crippen LogP contribution >= 0.6 is 11.8 Å². The van der Waals surface area contributed by atoms with Gasteiger partial charge in [-0.25, -0.2) is 0 Å². The van der Waals surface area contributed by atoms with Crippen molar-refractivity contribution in [3.8, 4) is 0 Å². The molecule has 3 rings (SSSR count). The highest BCUT2D eigenvalue weighted by atomic mass is 32.2. The number of hydrogen-bond donors (Lipinski definition) is 1. The fourth-order valence-electron chi connectivity index (χ4n) is 2.80. The first-order valence-electron chi connectivity index (χ1n) is 7.00. The van der Waals surface area contributed by atoms with Gasteiger partial charge in [-0.2, -0.15) is 0 Å². The van der Waals surface area contributed by atoms with E-state index >= 15 is 0 Å². The third-order valence-corrected chi connectivity index (χ3v) is 5.22. The van der Waals surface area contributed by atoms with E-state index in [2.05, 4.69) is 24.4 Å². The molecule has 1 aromatic rings. The van der Waals surface area contributed by atoms with Crippen molar-refractivity contribution in [1.82, 2.24) is 5.32 Å². The van der Waals surface area contributed by atoms with Crippen molar-refractivity contribution in [3.05, 3.63) is 29.8 Å². The zero-order valence-electron chi connectivity index (χ0n) is 11.3. The van der Waals surface area contributed by atoms with Gasteiger partial charge in [0.2, 0.25) is 5.91 Å². The highest BCUT2D eigenvalue weighted by Gasteiger charge is 2.31. The standard InChI is InChI=1S/C15H20N2OS/c1-11-10-17(15(18)14-7-4-8-19-14)13-6-3-2-5-12(13)9-16-11/h2-3,5-6,11,14,16H,4,7-10H2,1H3. The summed E-state index contributed by atoms with van der Waals surface area (Å²) in [5, 5.41) is 3.64. The van der Waals surface area contributed by atoms with Crippen LogP contribution in [-0.2, 0) is 11.3 Å². The number of benzene rings is 1. The third kappa shape index (κ3) is 2.65. The van der Waals surface area contributed by atoms with Crippen LogP contribution in [0.15, 0.2) is 24.3 Å². The van der Waals surface area contributed by atoms with Crippen LogP contribution in [0.1, 0.15) is 25.3 Å². The second-order valence-electron chi connectivity index (χ2n) is 5.36. The lowest BCUT2D eigenvalue weighted by Crippen LogP contribution is -2.43. The number of thioether (sulfide) groups is 1. The molecule has 1 aromatic carbocycles. The largest absolute Gasteiger partial charge is 0.310 e. The topological polar surface area (TPSA) is 32.3 Å². The second-order valence-corrected chi connectivity index (χ2v) is 6.67. The third-order valence-electron chi connectivity index (χ3n) is 3.85. The second kappa shape index (κ2) is 5.55. The molecule has 0 spiro atoms. The lowest BCUT2D eigenvalue weighted by Gasteiger charge is -2.26. The molecule has 2 aliphatic heterocycles. The Labute approximate surface area is 118 Å². The van der Waals surface area contributed by atoms with Crippen LogP contribution < -0.4 is 10.2 Å². The van der Waals surface area contributed by atoms with Crippen molar-refractivity contribution < 1.29 is 4.79 Å². The minimum atomic E-state index is 0.165. The maximum atomic E-state index is 12.7. The molecule has 3 nitrogen and oxygen atoms in total. The van der Waals surface area contributed by atoms with Crippen LogP contribution in [0.5, 0.6) is 0 Å². The van der Waals surface area contributed by atoms with Crippen molar-refractivity contribution in [2.75, 3.05) is 17.2 Å². The Morgan fingerprint density at radius 2 is 2.26 bits per heavy atom. The number of nitrogens with zero attached hydrogens (tertiary/aromatic N) is 1. The molecule has 2 atom stereocenters. The molecule has 102 valence electrons. The Hall–Kier alpha value is -1.00. The van der Waals surface area contributed by atoms with E-state index in [1.807, 2.05) is 28.8 Å². The molecule has 0 radical (unpaired) electrons. The number of anilines is 1. The van der Waals surface area contributed by atoms with Gasteiger partial charge in [-0.05, 0) is 37.1 Å². The molecule has 0 aromatic heterocycles. The van der Waals surface area contributed by atoms with Crippen LogP contribution in [0, 0.1) is 0 Å². The highest BCUT2D eigenvalue weighted by Crippen LogP contribution is 2.31. The minimum Gasteiger partial charge on any atom is -0.310 e. The number of hydrogen-bond acceptors (Lipinski definition) is 3. The molecule has 0 saturated carbocycles. The summed E-state index contributed by atoms with van der Waals surface area (Å²) < 4.78 is 0. The Bertz CT molecular complexity index is 471. The van der Waals surface area contributed by atoms with Crippen molar-refractivity contribution >= 4 is 23.4 Å². The SMILES string of the molecule is CC1CN(C(=O)C2CCCS2)c2ccccc2CN1. The van der Waals surface area contributed by atoms with E-state index in [0.717, 1.165) is 31.0 Å². The van der Waals surface area contributed by atoms with E-state index in [1.165, 1.54) is 12.0 Å². The summed E-state index contributed by atoms with van der Waals surface area (Å²) in [7, 11) is 0. The molecule has 2 heterocycles. The van der Waals surface area contributed by atoms with Crippen LogP contribution in [-0.4, -0.2) is 29.5 Å². The average molecular weight is 276 g/mol. The molecular formula is C15H20N2OS. The number of nitrogens with one attached hydrogen (secondary N) is 1. The summed E-state index contributed by atoms with van der Waals surface area (Å²) in [6.45, 7) is 3.76. The van der Waals surface area contributed by atoms with Gasteiger partial charge in [0.15, 0.2) is 0 Å². The maximum Gasteiger partial charge on any atom is 0.240 e. The zero-order valence-corrected chi connectivity index (χ0v) is 12.1. The van der Waals surface area contributed by atoms with Crippen molar-refractivity contribution in [1.29, 1.82) is 0 Å². The van der Waals surface area contributed by atoms with E-state index in [-0.39, 0.29) is 5.25 Å². The summed E-state index contributed by atoms with van der Waals surface area (Å²) in [6, 6.07) is 8.60. The molecule has 2 aliphatic rings. The van der Waals surface area contributed by atoms with Crippen molar-refractivity contribution in [3.63, 3.8) is 0 Å². The Kier molecular flexibility index (Phi) is 3.80. The summed E-state index contributed by atoms with van der Waals surface area (Å²) in [5.41, 5.74) is 2.32. The first-order chi connectivity index (χ1) is 9.25. The van der Waals surface area contributed by atoms with Crippen LogP contribution in [0.2, 0.25) is 0 Å². The molecule has 1 saturated heterocycles. The predicted molar refractivity (Wildman–Crippen MR) is 80.6 cm³/mol. The van der Waals surface area contributed by atoms with Gasteiger partial charge >= 0.3 is 0 Å². The molecule has 1 N–H and O–H groups in total. The maximum absolute atomic E-state index is 12.7. The number of carbonyl (C=O) groups is 1. The predicted octanol–water partition coefficient (Wildman–Crippen LogP) is 2.41. The fourth-order valence-corrected chi connectivity index (χ4v) is 4.02. The number of carbonyl (C=O) groups excluding carboxylic acids is 1. The van der Waals surface area contributed by atoms with Gasteiger partial charge in [0.05, 0.1) is 5.25 Å². The van der Waals surface area contributed by atoms with Gasteiger partial charge in [0.1, 0.15) is 0 Å². The zero-order chi connectivity index (χ0) is 13.2. The number of fused-ring (bicyclic) bond motifs is 1. The van der Waals surface area contributed by atoms with Gasteiger partial charge in [-0.1, -0.05) is 18.2 Å². The molecule has 4 heteroatoms. The average Bonchev–Trinajstić information content (AvgIpc) is 2.91. The highest BCUT2D eigenvalue weighted by molar-refractivity contribution is 8.00. The Balaban J connectivity index is 1.91. The quantitative estimate of drug-likeness (QED) is 0.855. The lowest BCUT2D eigenvalue weighted by molar-refractivity contribution is -0.118. The van der Waals surface area contributed by atoms with Crippen LogP contribution in [0.25, 0.3) is 0 Å². The lowest BCUT2D eigenvalue weighted by atomic mass is 10.1. The Morgan fingerprint density at radius 1 is 1.42 bits per heavy atom. The molecule has 1 amide bonds. The first kappa shape index (κ1) is 13.0. The van der Waals surface area contributed by atoms with Crippen molar-refractivity contribution in [2.24, 2.45) is 0 Å². The summed E-state index contributed by atoms with van der Waals surface area (Å²) in [6.07, 6.45) is 2.20. The monoisotopic (exact) mass is 276 g/mol. The van der Waals surface area contributed by atoms with Crippen molar-refractivity contribution in [2.45, 2.75) is 37.6 Å². The van der Waals surface area contributed by atoms with Crippen LogP contribution in [0.4, 0.5) is 5.69 Å². The summed E-state index contributed by atoms with van der Waals surface area (Å²) >= 11 is 1.82. The summed E-state index contributed by atoms with van der Waals surface area (Å²) in [4.78, 5) is 14.7. The first-order valence-corrected chi connectivity index (χ1v) is 8.05. The van der Waals surface area contributed by atoms with Gasteiger partial charge in [-0.3, -0.25) is 4.79 Å². The van der Waals surface area contributed by atoms with E-state index in [1.54, 1.807) is 0 Å². The molecule has 2 unspecified atom stereocenters. The van der Waals surface area contributed by atoms with Crippen LogP contribution in [0.3, 0.4) is 0 Å². The smallest absolute Gasteiger partial charge is 0.240 e. The molecular weight excluding hydrogens is 256 g/mol. The molecule has 19 heavy (non-hydrogen) atoms. The van der Waals surface area contributed by atoms with E-state index in [4.69, 9.17) is 0 Å². The normalized spacial score (nSPS) is 26.9. The van der Waals surface area contributed by atoms with E-state index < -0.39 is 0 Å². The van der Waals surface area contributed by atoms with Gasteiger partial charge in [0.25, 0.3) is 0 Å². The molecule has 0 aliphatic carbocycles. The number of rotatable bonds is 1. The van der Waals surface area contributed by atoms with Gasteiger partial charge in [-0.15, -0.1) is 11.8 Å². The fraction of sp³-hybridized carbons (Fsp3) is 0.533. The molecule has 0 bridgehead atoms. The van der Waals surface area contributed by atoms with Gasteiger partial charge < -0.3 is 10.2 Å². The van der Waals surface area contributed by atoms with Gasteiger partial charge in [0, 0.05) is 24.8 Å². The number of para-hydroxylation sites is 1.